The summed E-state index contributed by atoms with van der Waals surface area (Å²) in [5.74, 6) is -1.38. The van der Waals surface area contributed by atoms with E-state index in [0.29, 0.717) is 11.5 Å². The van der Waals surface area contributed by atoms with Crippen LogP contribution in [0, 0.1) is 0 Å². The number of para-hydroxylation sites is 1. The van der Waals surface area contributed by atoms with Gasteiger partial charge >= 0.3 is 11.9 Å². The van der Waals surface area contributed by atoms with Crippen LogP contribution in [0.4, 0.5) is 11.5 Å². The Labute approximate surface area is 184 Å². The summed E-state index contributed by atoms with van der Waals surface area (Å²) in [6, 6.07) is 14.4. The number of ether oxygens (including phenoxy) is 2. The molecule has 0 amide bonds. The zero-order valence-corrected chi connectivity index (χ0v) is 17.8. The van der Waals surface area contributed by atoms with Gasteiger partial charge in [0.15, 0.2) is 17.3 Å². The number of methoxy groups -OCH3 is 2. The first kappa shape index (κ1) is 22.6. The van der Waals surface area contributed by atoms with Gasteiger partial charge in [0, 0.05) is 37.3 Å². The predicted molar refractivity (Wildman–Crippen MR) is 119 cm³/mol. The first-order valence-electron chi connectivity index (χ1n) is 9.83. The molecule has 10 heteroatoms. The third-order valence-electron chi connectivity index (χ3n) is 5.03. The molecule has 1 saturated heterocycles. The lowest BCUT2D eigenvalue weighted by atomic mass is 10.1. The molecule has 0 unspecified atom stereocenters. The Morgan fingerprint density at radius 2 is 1.50 bits per heavy atom. The van der Waals surface area contributed by atoms with Gasteiger partial charge in [0.05, 0.1) is 25.8 Å². The van der Waals surface area contributed by atoms with Gasteiger partial charge in [-0.2, -0.15) is 5.10 Å². The third kappa shape index (κ3) is 4.97. The van der Waals surface area contributed by atoms with Crippen molar-refractivity contribution in [1.29, 1.82) is 0 Å². The van der Waals surface area contributed by atoms with E-state index >= 15 is 0 Å². The number of carboxylic acids is 2. The molecular formula is C22H24N4O6. The summed E-state index contributed by atoms with van der Waals surface area (Å²) < 4.78 is 11.1. The minimum absolute atomic E-state index is 0.706. The summed E-state index contributed by atoms with van der Waals surface area (Å²) in [5, 5.41) is 25.4. The van der Waals surface area contributed by atoms with Gasteiger partial charge in [-0.15, -0.1) is 5.10 Å². The molecule has 32 heavy (non-hydrogen) atoms. The van der Waals surface area contributed by atoms with Crippen molar-refractivity contribution in [1.82, 2.24) is 10.2 Å². The van der Waals surface area contributed by atoms with Crippen molar-refractivity contribution in [2.45, 2.75) is 0 Å². The minimum Gasteiger partial charge on any atom is -0.493 e. The molecule has 2 heterocycles. The van der Waals surface area contributed by atoms with Gasteiger partial charge in [0.25, 0.3) is 0 Å². The Hall–Kier alpha value is -4.08. The number of carbonyl (C=O) groups is 2. The molecule has 4 rings (SSSR count). The molecule has 0 aliphatic carbocycles. The number of hydrogen-bond donors (Lipinski definition) is 2. The normalized spacial score (nSPS) is 13.2. The molecule has 1 aliphatic rings. The van der Waals surface area contributed by atoms with Crippen molar-refractivity contribution in [2.75, 3.05) is 50.2 Å². The molecule has 0 spiro atoms. The van der Waals surface area contributed by atoms with Crippen LogP contribution in [0.1, 0.15) is 0 Å². The second kappa shape index (κ2) is 10.3. The molecule has 2 N–H and O–H groups in total. The fourth-order valence-corrected chi connectivity index (χ4v) is 3.51. The number of nitrogens with zero attached hydrogens (tertiary/aromatic N) is 4. The second-order valence-electron chi connectivity index (χ2n) is 6.85. The predicted octanol–water partition coefficient (Wildman–Crippen LogP) is 2.13. The maximum Gasteiger partial charge on any atom is 0.414 e. The highest BCUT2D eigenvalue weighted by molar-refractivity contribution is 6.27. The number of aromatic nitrogens is 2. The van der Waals surface area contributed by atoms with Crippen molar-refractivity contribution >= 4 is 34.2 Å². The van der Waals surface area contributed by atoms with Crippen LogP contribution < -0.4 is 19.3 Å². The maximum absolute atomic E-state index is 9.10. The molecule has 0 atom stereocenters. The molecule has 2 aromatic carbocycles. The number of piperazine rings is 1. The lowest BCUT2D eigenvalue weighted by Crippen LogP contribution is -2.47. The lowest BCUT2D eigenvalue weighted by molar-refractivity contribution is -0.159. The number of aliphatic carboxylic acids is 2. The number of anilines is 2. The fourth-order valence-electron chi connectivity index (χ4n) is 3.51. The SMILES string of the molecule is COc1ccc2cnnc(N3CCN(c4ccccc4)CC3)c2c1OC.O=C(O)C(=O)O. The Balaban J connectivity index is 0.000000427. The maximum atomic E-state index is 9.10. The van der Waals surface area contributed by atoms with E-state index in [1.165, 1.54) is 5.69 Å². The van der Waals surface area contributed by atoms with E-state index in [4.69, 9.17) is 29.3 Å². The standard InChI is InChI=1S/C20H22N4O2.C2H2O4/c1-25-17-9-8-15-14-21-22-20(18(15)19(17)26-2)24-12-10-23(11-13-24)16-6-4-3-5-7-16;3-1(4)2(5)6/h3-9,14H,10-13H2,1-2H3;(H,3,4)(H,5,6). The molecule has 1 aromatic heterocycles. The number of rotatable bonds is 4. The highest BCUT2D eigenvalue weighted by atomic mass is 16.5. The third-order valence-corrected chi connectivity index (χ3v) is 5.03. The summed E-state index contributed by atoms with van der Waals surface area (Å²) in [4.78, 5) is 22.9. The van der Waals surface area contributed by atoms with Gasteiger partial charge in [-0.3, -0.25) is 0 Å². The van der Waals surface area contributed by atoms with Crippen molar-refractivity contribution in [2.24, 2.45) is 0 Å². The van der Waals surface area contributed by atoms with Crippen LogP contribution >= 0.6 is 0 Å². The molecule has 1 aliphatic heterocycles. The van der Waals surface area contributed by atoms with E-state index in [1.807, 2.05) is 18.2 Å². The van der Waals surface area contributed by atoms with Crippen LogP contribution in [0.15, 0.2) is 48.7 Å². The molecule has 0 radical (unpaired) electrons. The summed E-state index contributed by atoms with van der Waals surface area (Å²) in [6.45, 7) is 3.63. The van der Waals surface area contributed by atoms with Gasteiger partial charge in [-0.05, 0) is 24.3 Å². The first-order chi connectivity index (χ1) is 15.5. The Morgan fingerprint density at radius 3 is 2.06 bits per heavy atom. The number of benzene rings is 2. The highest BCUT2D eigenvalue weighted by Gasteiger charge is 2.23. The van der Waals surface area contributed by atoms with Gasteiger partial charge in [0.1, 0.15) is 0 Å². The highest BCUT2D eigenvalue weighted by Crippen LogP contribution is 2.39. The Kier molecular flexibility index (Phi) is 7.27. The second-order valence-corrected chi connectivity index (χ2v) is 6.85. The Bertz CT molecular complexity index is 1070. The molecule has 1 fully saturated rings. The topological polar surface area (TPSA) is 125 Å². The zero-order valence-electron chi connectivity index (χ0n) is 17.8. The molecule has 0 bridgehead atoms. The largest absolute Gasteiger partial charge is 0.493 e. The average Bonchev–Trinajstić information content (AvgIpc) is 2.83. The first-order valence-corrected chi connectivity index (χ1v) is 9.83. The van der Waals surface area contributed by atoms with Crippen LogP contribution in [0.2, 0.25) is 0 Å². The number of hydrogen-bond acceptors (Lipinski definition) is 8. The van der Waals surface area contributed by atoms with Crippen molar-refractivity contribution in [3.63, 3.8) is 0 Å². The molecule has 3 aromatic rings. The van der Waals surface area contributed by atoms with Crippen LogP contribution in [0.25, 0.3) is 10.8 Å². The number of carboxylic acid groups (broad SMARTS) is 2. The monoisotopic (exact) mass is 440 g/mol. The Morgan fingerprint density at radius 1 is 0.875 bits per heavy atom. The lowest BCUT2D eigenvalue weighted by Gasteiger charge is -2.37. The quantitative estimate of drug-likeness (QED) is 0.583. The molecule has 10 nitrogen and oxygen atoms in total. The van der Waals surface area contributed by atoms with E-state index < -0.39 is 11.9 Å². The van der Waals surface area contributed by atoms with Crippen molar-refractivity contribution in [3.05, 3.63) is 48.7 Å². The van der Waals surface area contributed by atoms with Crippen molar-refractivity contribution < 1.29 is 29.3 Å². The van der Waals surface area contributed by atoms with Gasteiger partial charge in [0.2, 0.25) is 0 Å². The van der Waals surface area contributed by atoms with Gasteiger partial charge < -0.3 is 29.5 Å². The van der Waals surface area contributed by atoms with E-state index in [9.17, 15) is 0 Å². The van der Waals surface area contributed by atoms with E-state index in [-0.39, 0.29) is 0 Å². The summed E-state index contributed by atoms with van der Waals surface area (Å²) in [6.07, 6.45) is 1.76. The van der Waals surface area contributed by atoms with Gasteiger partial charge in [-0.1, -0.05) is 18.2 Å². The van der Waals surface area contributed by atoms with Crippen LogP contribution in [-0.4, -0.2) is 72.7 Å². The van der Waals surface area contributed by atoms with Crippen molar-refractivity contribution in [3.8, 4) is 11.5 Å². The summed E-state index contributed by atoms with van der Waals surface area (Å²) >= 11 is 0. The summed E-state index contributed by atoms with van der Waals surface area (Å²) in [5.41, 5.74) is 1.26. The molecule has 0 saturated carbocycles. The average molecular weight is 440 g/mol. The number of fused-ring (bicyclic) bond motifs is 1. The van der Waals surface area contributed by atoms with E-state index in [2.05, 4.69) is 44.3 Å². The zero-order chi connectivity index (χ0) is 23.1. The molecular weight excluding hydrogens is 416 g/mol. The van der Waals surface area contributed by atoms with Gasteiger partial charge in [-0.25, -0.2) is 9.59 Å². The van der Waals surface area contributed by atoms with Crippen LogP contribution in [-0.2, 0) is 9.59 Å². The van der Waals surface area contributed by atoms with E-state index in [1.54, 1.807) is 20.4 Å². The minimum atomic E-state index is -1.82. The van der Waals surface area contributed by atoms with Crippen LogP contribution in [0.3, 0.4) is 0 Å². The smallest absolute Gasteiger partial charge is 0.414 e. The van der Waals surface area contributed by atoms with E-state index in [0.717, 1.165) is 42.8 Å². The van der Waals surface area contributed by atoms with Crippen LogP contribution in [0.5, 0.6) is 11.5 Å². The molecule has 168 valence electrons. The fraction of sp³-hybridized carbons (Fsp3) is 0.273. The summed E-state index contributed by atoms with van der Waals surface area (Å²) in [7, 11) is 3.31.